The molecule has 3 rings (SSSR count). The number of likely N-dealkylation sites (tertiary alicyclic amines) is 1. The van der Waals surface area contributed by atoms with Gasteiger partial charge in [-0.15, -0.1) is 0 Å². The van der Waals surface area contributed by atoms with E-state index >= 15 is 0 Å². The van der Waals surface area contributed by atoms with E-state index < -0.39 is 10.0 Å². The van der Waals surface area contributed by atoms with E-state index in [4.69, 9.17) is 0 Å². The molecule has 2 heterocycles. The van der Waals surface area contributed by atoms with E-state index in [1.165, 1.54) is 0 Å². The minimum atomic E-state index is -3.50. The lowest BCUT2D eigenvalue weighted by atomic mass is 10.1. The summed E-state index contributed by atoms with van der Waals surface area (Å²) < 4.78 is 27.6. The minimum absolute atomic E-state index is 0.0679. The fourth-order valence-corrected chi connectivity index (χ4v) is 4.66. The van der Waals surface area contributed by atoms with Gasteiger partial charge in [-0.05, 0) is 45.1 Å². The predicted molar refractivity (Wildman–Crippen MR) is 87.2 cm³/mol. The molecule has 0 saturated carbocycles. The van der Waals surface area contributed by atoms with Gasteiger partial charge in [-0.2, -0.15) is 4.31 Å². The molecule has 0 amide bonds. The highest BCUT2D eigenvalue weighted by molar-refractivity contribution is 7.89. The molecule has 118 valence electrons. The zero-order valence-electron chi connectivity index (χ0n) is 12.9. The van der Waals surface area contributed by atoms with Crippen molar-refractivity contribution < 1.29 is 8.42 Å². The van der Waals surface area contributed by atoms with Gasteiger partial charge in [0.2, 0.25) is 10.0 Å². The quantitative estimate of drug-likeness (QED) is 0.868. The molecule has 0 N–H and O–H groups in total. The largest absolute Gasteiger partial charge is 0.306 e. The maximum atomic E-state index is 13.0. The summed E-state index contributed by atoms with van der Waals surface area (Å²) >= 11 is 0. The Morgan fingerprint density at radius 3 is 2.68 bits per heavy atom. The van der Waals surface area contributed by atoms with Crippen LogP contribution in [-0.4, -0.2) is 55.8 Å². The summed E-state index contributed by atoms with van der Waals surface area (Å²) in [6.07, 6.45) is 5.08. The molecule has 0 unspecified atom stereocenters. The summed E-state index contributed by atoms with van der Waals surface area (Å²) in [5, 5.41) is 1.58. The molecule has 0 bridgehead atoms. The topological polar surface area (TPSA) is 53.5 Å². The molecule has 0 radical (unpaired) electrons. The molecule has 22 heavy (non-hydrogen) atoms. The molecule has 1 aromatic carbocycles. The third-order valence-electron chi connectivity index (χ3n) is 4.50. The monoisotopic (exact) mass is 319 g/mol. The first-order valence-corrected chi connectivity index (χ1v) is 8.93. The highest BCUT2D eigenvalue weighted by Gasteiger charge is 2.31. The Morgan fingerprint density at radius 1 is 1.23 bits per heavy atom. The van der Waals surface area contributed by atoms with Crippen LogP contribution in [0.25, 0.3) is 10.8 Å². The van der Waals surface area contributed by atoms with Gasteiger partial charge in [0.1, 0.15) is 0 Å². The second-order valence-electron chi connectivity index (χ2n) is 5.91. The van der Waals surface area contributed by atoms with Crippen LogP contribution in [0.15, 0.2) is 41.6 Å². The standard InChI is InChI=1S/C16H21N3O2S/c1-18-10-7-14(8-11-18)19(2)22(20,21)16-5-3-4-13-12-17-9-6-15(13)16/h3-6,9,12,14H,7-8,10-11H2,1-2H3. The number of pyridine rings is 1. The molecule has 1 aromatic heterocycles. The molecular weight excluding hydrogens is 298 g/mol. The van der Waals surface area contributed by atoms with E-state index in [2.05, 4.69) is 16.9 Å². The second kappa shape index (κ2) is 5.95. The van der Waals surface area contributed by atoms with Gasteiger partial charge in [-0.25, -0.2) is 8.42 Å². The predicted octanol–water partition coefficient (Wildman–Crippen LogP) is 1.95. The fraction of sp³-hybridized carbons (Fsp3) is 0.438. The first kappa shape index (κ1) is 15.4. The zero-order chi connectivity index (χ0) is 15.7. The summed E-state index contributed by atoms with van der Waals surface area (Å²) in [5.41, 5.74) is 0. The molecule has 1 aliphatic rings. The Balaban J connectivity index is 1.98. The van der Waals surface area contributed by atoms with E-state index in [9.17, 15) is 8.42 Å². The van der Waals surface area contributed by atoms with Crippen molar-refractivity contribution in [1.82, 2.24) is 14.2 Å². The summed E-state index contributed by atoms with van der Waals surface area (Å²) in [4.78, 5) is 6.67. The van der Waals surface area contributed by atoms with E-state index in [-0.39, 0.29) is 6.04 Å². The number of benzene rings is 1. The van der Waals surface area contributed by atoms with Crippen LogP contribution in [0.1, 0.15) is 12.8 Å². The van der Waals surface area contributed by atoms with Gasteiger partial charge in [0.05, 0.1) is 4.90 Å². The van der Waals surface area contributed by atoms with Gasteiger partial charge < -0.3 is 4.90 Å². The van der Waals surface area contributed by atoms with E-state index in [0.29, 0.717) is 4.90 Å². The molecular formula is C16H21N3O2S. The van der Waals surface area contributed by atoms with Gasteiger partial charge in [0.15, 0.2) is 0 Å². The Kier molecular flexibility index (Phi) is 4.16. The number of aromatic nitrogens is 1. The lowest BCUT2D eigenvalue weighted by molar-refractivity contribution is 0.197. The van der Waals surface area contributed by atoms with E-state index in [1.807, 2.05) is 6.07 Å². The van der Waals surface area contributed by atoms with Crippen LogP contribution in [0.2, 0.25) is 0 Å². The highest BCUT2D eigenvalue weighted by Crippen LogP contribution is 2.27. The van der Waals surface area contributed by atoms with Crippen molar-refractivity contribution in [2.45, 2.75) is 23.8 Å². The summed E-state index contributed by atoms with van der Waals surface area (Å²) in [7, 11) is 0.276. The summed E-state index contributed by atoms with van der Waals surface area (Å²) in [5.74, 6) is 0. The lowest BCUT2D eigenvalue weighted by Gasteiger charge is -2.34. The Morgan fingerprint density at radius 2 is 1.95 bits per heavy atom. The van der Waals surface area contributed by atoms with Crippen LogP contribution in [0, 0.1) is 0 Å². The van der Waals surface area contributed by atoms with Crippen molar-refractivity contribution >= 4 is 20.8 Å². The van der Waals surface area contributed by atoms with Gasteiger partial charge in [0, 0.05) is 36.3 Å². The third kappa shape index (κ3) is 2.74. The van der Waals surface area contributed by atoms with Gasteiger partial charge in [-0.3, -0.25) is 4.98 Å². The minimum Gasteiger partial charge on any atom is -0.306 e. The maximum Gasteiger partial charge on any atom is 0.243 e. The number of fused-ring (bicyclic) bond motifs is 1. The fourth-order valence-electron chi connectivity index (χ4n) is 3.03. The van der Waals surface area contributed by atoms with Crippen LogP contribution >= 0.6 is 0 Å². The van der Waals surface area contributed by atoms with Crippen molar-refractivity contribution in [3.05, 3.63) is 36.7 Å². The smallest absolute Gasteiger partial charge is 0.243 e. The zero-order valence-corrected chi connectivity index (χ0v) is 13.8. The highest BCUT2D eigenvalue weighted by atomic mass is 32.2. The first-order valence-electron chi connectivity index (χ1n) is 7.49. The molecule has 5 nitrogen and oxygen atoms in total. The number of piperidine rings is 1. The molecule has 0 spiro atoms. The molecule has 2 aromatic rings. The van der Waals surface area contributed by atoms with E-state index in [1.54, 1.807) is 41.9 Å². The van der Waals surface area contributed by atoms with Crippen LogP contribution in [0.5, 0.6) is 0 Å². The second-order valence-corrected chi connectivity index (χ2v) is 7.87. The first-order chi connectivity index (χ1) is 10.5. The number of hydrogen-bond donors (Lipinski definition) is 0. The molecule has 0 aliphatic carbocycles. The molecule has 0 atom stereocenters. The van der Waals surface area contributed by atoms with Crippen LogP contribution < -0.4 is 0 Å². The van der Waals surface area contributed by atoms with E-state index in [0.717, 1.165) is 36.7 Å². The summed E-state index contributed by atoms with van der Waals surface area (Å²) in [6.45, 7) is 1.87. The molecule has 1 aliphatic heterocycles. The van der Waals surface area contributed by atoms with Gasteiger partial charge in [-0.1, -0.05) is 12.1 Å². The maximum absolute atomic E-state index is 13.0. The average Bonchev–Trinajstić information content (AvgIpc) is 2.54. The Bertz CT molecular complexity index is 763. The summed E-state index contributed by atoms with van der Waals surface area (Å²) in [6, 6.07) is 7.18. The molecule has 1 saturated heterocycles. The average molecular weight is 319 g/mol. The van der Waals surface area contributed by atoms with Crippen LogP contribution in [-0.2, 0) is 10.0 Å². The Labute approximate surface area is 131 Å². The number of rotatable bonds is 3. The van der Waals surface area contributed by atoms with Crippen molar-refractivity contribution in [2.24, 2.45) is 0 Å². The van der Waals surface area contributed by atoms with Crippen molar-refractivity contribution in [2.75, 3.05) is 27.2 Å². The van der Waals surface area contributed by atoms with Crippen LogP contribution in [0.4, 0.5) is 0 Å². The lowest BCUT2D eigenvalue weighted by Crippen LogP contribution is -2.44. The molecule has 1 fully saturated rings. The van der Waals surface area contributed by atoms with Crippen molar-refractivity contribution in [3.63, 3.8) is 0 Å². The number of sulfonamides is 1. The Hall–Kier alpha value is -1.50. The molecule has 6 heteroatoms. The van der Waals surface area contributed by atoms with Crippen molar-refractivity contribution in [1.29, 1.82) is 0 Å². The van der Waals surface area contributed by atoms with Crippen molar-refractivity contribution in [3.8, 4) is 0 Å². The SMILES string of the molecule is CN1CCC(N(C)S(=O)(=O)c2cccc3cnccc23)CC1. The number of nitrogens with zero attached hydrogens (tertiary/aromatic N) is 3. The van der Waals surface area contributed by atoms with Crippen LogP contribution in [0.3, 0.4) is 0 Å². The normalized spacial score (nSPS) is 18.1. The van der Waals surface area contributed by atoms with Gasteiger partial charge in [0.25, 0.3) is 0 Å². The third-order valence-corrected chi connectivity index (χ3v) is 6.47. The van der Waals surface area contributed by atoms with Gasteiger partial charge >= 0.3 is 0 Å². The number of hydrogen-bond acceptors (Lipinski definition) is 4.